The molecule has 1 rings (SSSR count). The molecule has 0 radical (unpaired) electrons. The Bertz CT molecular complexity index is 312. The summed E-state index contributed by atoms with van der Waals surface area (Å²) in [7, 11) is 1.77. The number of methoxy groups -OCH3 is 1. The Hall–Kier alpha value is -0.860. The molecule has 0 aliphatic carbocycles. The second-order valence-electron chi connectivity index (χ2n) is 5.34. The fourth-order valence-corrected chi connectivity index (χ4v) is 2.40. The SMILES string of the molecule is CCCCCCC(C)NC(COC)c1ccccc1. The van der Waals surface area contributed by atoms with Gasteiger partial charge in [0.15, 0.2) is 0 Å². The van der Waals surface area contributed by atoms with Crippen molar-refractivity contribution in [1.82, 2.24) is 5.32 Å². The van der Waals surface area contributed by atoms with Crippen LogP contribution in [0.1, 0.15) is 57.6 Å². The molecule has 1 aromatic rings. The Morgan fingerprint density at radius 3 is 2.47 bits per heavy atom. The number of hydrogen-bond donors (Lipinski definition) is 1. The van der Waals surface area contributed by atoms with Crippen LogP contribution in [-0.4, -0.2) is 19.8 Å². The van der Waals surface area contributed by atoms with Crippen molar-refractivity contribution in [2.24, 2.45) is 0 Å². The lowest BCUT2D eigenvalue weighted by atomic mass is 10.0. The Balaban J connectivity index is 2.40. The molecule has 0 saturated heterocycles. The van der Waals surface area contributed by atoms with Crippen LogP contribution in [0.4, 0.5) is 0 Å². The molecule has 1 aromatic carbocycles. The van der Waals surface area contributed by atoms with Crippen molar-refractivity contribution in [2.75, 3.05) is 13.7 Å². The van der Waals surface area contributed by atoms with Crippen LogP contribution in [0.2, 0.25) is 0 Å². The highest BCUT2D eigenvalue weighted by Crippen LogP contribution is 2.15. The largest absolute Gasteiger partial charge is 0.383 e. The van der Waals surface area contributed by atoms with Crippen LogP contribution in [0.3, 0.4) is 0 Å². The maximum Gasteiger partial charge on any atom is 0.0657 e. The van der Waals surface area contributed by atoms with Crippen molar-refractivity contribution in [1.29, 1.82) is 0 Å². The Morgan fingerprint density at radius 2 is 1.84 bits per heavy atom. The summed E-state index contributed by atoms with van der Waals surface area (Å²) < 4.78 is 5.34. The summed E-state index contributed by atoms with van der Waals surface area (Å²) in [5, 5.41) is 3.69. The van der Waals surface area contributed by atoms with E-state index in [9.17, 15) is 0 Å². The fourth-order valence-electron chi connectivity index (χ4n) is 2.40. The molecule has 0 amide bonds. The number of benzene rings is 1. The monoisotopic (exact) mass is 263 g/mol. The Labute approximate surface area is 118 Å². The molecule has 2 unspecified atom stereocenters. The van der Waals surface area contributed by atoms with Crippen LogP contribution in [0.25, 0.3) is 0 Å². The standard InChI is InChI=1S/C17H29NO/c1-4-5-6-8-11-15(2)18-17(14-19-3)16-12-9-7-10-13-16/h7,9-10,12-13,15,17-18H,4-6,8,11,14H2,1-3H3. The van der Waals surface area contributed by atoms with Crippen molar-refractivity contribution < 1.29 is 4.74 Å². The van der Waals surface area contributed by atoms with Crippen molar-refractivity contribution in [2.45, 2.75) is 58.0 Å². The molecule has 0 bridgehead atoms. The van der Waals surface area contributed by atoms with Gasteiger partial charge in [0.25, 0.3) is 0 Å². The summed E-state index contributed by atoms with van der Waals surface area (Å²) in [6.45, 7) is 5.26. The fraction of sp³-hybridized carbons (Fsp3) is 0.647. The van der Waals surface area contributed by atoms with Crippen molar-refractivity contribution in [3.05, 3.63) is 35.9 Å². The van der Waals surface area contributed by atoms with Gasteiger partial charge in [-0.25, -0.2) is 0 Å². The van der Waals surface area contributed by atoms with Gasteiger partial charge < -0.3 is 10.1 Å². The van der Waals surface area contributed by atoms with Crippen LogP contribution in [0.5, 0.6) is 0 Å². The quantitative estimate of drug-likeness (QED) is 0.635. The maximum absolute atomic E-state index is 5.34. The summed E-state index contributed by atoms with van der Waals surface area (Å²) in [5.41, 5.74) is 1.31. The molecule has 0 heterocycles. The molecule has 2 heteroatoms. The normalized spacial score (nSPS) is 14.3. The number of ether oxygens (including phenoxy) is 1. The number of rotatable bonds is 10. The Kier molecular flexibility index (Phi) is 8.52. The van der Waals surface area contributed by atoms with Crippen molar-refractivity contribution in [3.8, 4) is 0 Å². The van der Waals surface area contributed by atoms with E-state index < -0.39 is 0 Å². The lowest BCUT2D eigenvalue weighted by molar-refractivity contribution is 0.161. The second-order valence-corrected chi connectivity index (χ2v) is 5.34. The Morgan fingerprint density at radius 1 is 1.11 bits per heavy atom. The van der Waals surface area contributed by atoms with Gasteiger partial charge in [0, 0.05) is 13.2 Å². The van der Waals surface area contributed by atoms with Gasteiger partial charge in [-0.15, -0.1) is 0 Å². The van der Waals surface area contributed by atoms with Gasteiger partial charge in [-0.3, -0.25) is 0 Å². The van der Waals surface area contributed by atoms with Gasteiger partial charge in [0.1, 0.15) is 0 Å². The molecule has 19 heavy (non-hydrogen) atoms. The third-order valence-electron chi connectivity index (χ3n) is 3.51. The van der Waals surface area contributed by atoms with E-state index in [1.807, 2.05) is 0 Å². The van der Waals surface area contributed by atoms with E-state index in [4.69, 9.17) is 4.74 Å². The first-order valence-corrected chi connectivity index (χ1v) is 7.57. The topological polar surface area (TPSA) is 21.3 Å². The molecule has 2 nitrogen and oxygen atoms in total. The van der Waals surface area contributed by atoms with Gasteiger partial charge in [0.05, 0.1) is 12.6 Å². The van der Waals surface area contributed by atoms with Crippen LogP contribution in [0, 0.1) is 0 Å². The third kappa shape index (κ3) is 6.74. The van der Waals surface area contributed by atoms with Crippen molar-refractivity contribution >= 4 is 0 Å². The average molecular weight is 263 g/mol. The highest BCUT2D eigenvalue weighted by molar-refractivity contribution is 5.19. The smallest absolute Gasteiger partial charge is 0.0657 e. The van der Waals surface area contributed by atoms with Crippen LogP contribution in [0.15, 0.2) is 30.3 Å². The molecule has 0 spiro atoms. The molecular formula is C17H29NO. The lowest BCUT2D eigenvalue weighted by Gasteiger charge is -2.23. The van der Waals surface area contributed by atoms with Gasteiger partial charge in [-0.05, 0) is 18.9 Å². The molecule has 0 fully saturated rings. The molecule has 2 atom stereocenters. The zero-order valence-electron chi connectivity index (χ0n) is 12.7. The predicted molar refractivity (Wildman–Crippen MR) is 82.4 cm³/mol. The van der Waals surface area contributed by atoms with Gasteiger partial charge in [-0.1, -0.05) is 62.9 Å². The second kappa shape index (κ2) is 9.99. The molecule has 0 saturated carbocycles. The minimum Gasteiger partial charge on any atom is -0.383 e. The predicted octanol–water partition coefficient (Wildman–Crippen LogP) is 4.32. The third-order valence-corrected chi connectivity index (χ3v) is 3.51. The summed E-state index contributed by atoms with van der Waals surface area (Å²) in [6, 6.07) is 11.4. The van der Waals surface area contributed by atoms with E-state index in [1.165, 1.54) is 37.7 Å². The first-order valence-electron chi connectivity index (χ1n) is 7.57. The van der Waals surface area contributed by atoms with Crippen molar-refractivity contribution in [3.63, 3.8) is 0 Å². The van der Waals surface area contributed by atoms with E-state index in [-0.39, 0.29) is 0 Å². The molecule has 0 aromatic heterocycles. The summed E-state index contributed by atoms with van der Waals surface area (Å²) in [6.07, 6.45) is 6.57. The molecular weight excluding hydrogens is 234 g/mol. The van der Waals surface area contributed by atoms with E-state index >= 15 is 0 Å². The molecule has 0 aliphatic rings. The van der Waals surface area contributed by atoms with Gasteiger partial charge in [-0.2, -0.15) is 0 Å². The summed E-state index contributed by atoms with van der Waals surface area (Å²) >= 11 is 0. The van der Waals surface area contributed by atoms with Crippen LogP contribution >= 0.6 is 0 Å². The zero-order chi connectivity index (χ0) is 13.9. The minimum absolute atomic E-state index is 0.298. The van der Waals surface area contributed by atoms with E-state index in [2.05, 4.69) is 49.5 Å². The van der Waals surface area contributed by atoms with Crippen LogP contribution < -0.4 is 5.32 Å². The first kappa shape index (κ1) is 16.2. The maximum atomic E-state index is 5.34. The van der Waals surface area contributed by atoms with E-state index in [0.717, 1.165) is 6.61 Å². The van der Waals surface area contributed by atoms with E-state index in [1.54, 1.807) is 7.11 Å². The number of hydrogen-bond acceptors (Lipinski definition) is 2. The average Bonchev–Trinajstić information content (AvgIpc) is 2.44. The summed E-state index contributed by atoms with van der Waals surface area (Å²) in [4.78, 5) is 0. The lowest BCUT2D eigenvalue weighted by Crippen LogP contribution is -2.33. The van der Waals surface area contributed by atoms with Gasteiger partial charge >= 0.3 is 0 Å². The highest BCUT2D eigenvalue weighted by atomic mass is 16.5. The molecule has 0 aliphatic heterocycles. The van der Waals surface area contributed by atoms with Gasteiger partial charge in [0.2, 0.25) is 0 Å². The highest BCUT2D eigenvalue weighted by Gasteiger charge is 2.13. The minimum atomic E-state index is 0.298. The molecule has 108 valence electrons. The van der Waals surface area contributed by atoms with Crippen LogP contribution in [-0.2, 0) is 4.74 Å². The molecule has 1 N–H and O–H groups in total. The first-order chi connectivity index (χ1) is 9.27. The number of nitrogens with one attached hydrogen (secondary N) is 1. The van der Waals surface area contributed by atoms with E-state index in [0.29, 0.717) is 12.1 Å². The zero-order valence-corrected chi connectivity index (χ0v) is 12.7. The number of unbranched alkanes of at least 4 members (excludes halogenated alkanes) is 3. The summed E-state index contributed by atoms with van der Waals surface area (Å²) in [5.74, 6) is 0.